The molecule has 0 bridgehead atoms. The lowest BCUT2D eigenvalue weighted by atomic mass is 9.88. The molecule has 0 aromatic rings. The molecule has 0 radical (unpaired) electrons. The van der Waals surface area contributed by atoms with Crippen molar-refractivity contribution >= 4 is 15.9 Å². The zero-order valence-electron chi connectivity index (χ0n) is 11.7. The van der Waals surface area contributed by atoms with E-state index < -0.39 is 0 Å². The summed E-state index contributed by atoms with van der Waals surface area (Å²) in [6.07, 6.45) is 17.6. The summed E-state index contributed by atoms with van der Waals surface area (Å²) >= 11 is 3.73. The van der Waals surface area contributed by atoms with E-state index in [9.17, 15) is 0 Å². The highest BCUT2D eigenvalue weighted by Crippen LogP contribution is 2.35. The van der Waals surface area contributed by atoms with Gasteiger partial charge in [0.05, 0.1) is 0 Å². The van der Waals surface area contributed by atoms with Crippen LogP contribution in [0.25, 0.3) is 0 Å². The summed E-state index contributed by atoms with van der Waals surface area (Å²) in [5, 5.41) is 1.24. The lowest BCUT2D eigenvalue weighted by Crippen LogP contribution is -2.13. The minimum absolute atomic E-state index is 0.980. The molecule has 1 aliphatic carbocycles. The van der Waals surface area contributed by atoms with Crippen LogP contribution >= 0.6 is 15.9 Å². The van der Waals surface area contributed by atoms with E-state index >= 15 is 0 Å². The van der Waals surface area contributed by atoms with Crippen molar-refractivity contribution in [2.45, 2.75) is 84.0 Å². The molecule has 0 saturated heterocycles. The largest absolute Gasteiger partial charge is 0.0925 e. The summed E-state index contributed by atoms with van der Waals surface area (Å²) in [6.45, 7) is 2.29. The summed E-state index contributed by atoms with van der Waals surface area (Å²) in [4.78, 5) is 0. The monoisotopic (exact) mass is 302 g/mol. The van der Waals surface area contributed by atoms with Crippen LogP contribution in [0.5, 0.6) is 0 Å². The molecule has 17 heavy (non-hydrogen) atoms. The van der Waals surface area contributed by atoms with Crippen molar-refractivity contribution in [3.63, 3.8) is 0 Å². The van der Waals surface area contributed by atoms with Crippen molar-refractivity contribution < 1.29 is 0 Å². The van der Waals surface area contributed by atoms with Gasteiger partial charge in [-0.05, 0) is 18.3 Å². The van der Waals surface area contributed by atoms with E-state index in [4.69, 9.17) is 0 Å². The first-order valence-corrected chi connectivity index (χ1v) is 9.06. The third kappa shape index (κ3) is 6.84. The topological polar surface area (TPSA) is 0 Å². The Hall–Kier alpha value is 0.480. The van der Waals surface area contributed by atoms with Gasteiger partial charge in [0.1, 0.15) is 0 Å². The molecule has 0 amide bonds. The molecule has 0 aromatic heterocycles. The quantitative estimate of drug-likeness (QED) is 0.327. The molecule has 0 heterocycles. The van der Waals surface area contributed by atoms with Crippen LogP contribution in [0.4, 0.5) is 0 Å². The Morgan fingerprint density at radius 1 is 0.941 bits per heavy atom. The summed E-state index contributed by atoms with van der Waals surface area (Å²) < 4.78 is 0. The van der Waals surface area contributed by atoms with E-state index in [0.717, 1.165) is 11.8 Å². The van der Waals surface area contributed by atoms with Gasteiger partial charge in [0.2, 0.25) is 0 Å². The SMILES string of the molecule is CCCCCCCCCC(CBr)C1CCCC1. The lowest BCUT2D eigenvalue weighted by molar-refractivity contribution is 0.341. The number of hydrogen-bond donors (Lipinski definition) is 0. The van der Waals surface area contributed by atoms with Crippen molar-refractivity contribution in [3.05, 3.63) is 0 Å². The first-order valence-electron chi connectivity index (χ1n) is 7.94. The average molecular weight is 303 g/mol. The molecule has 102 valence electrons. The van der Waals surface area contributed by atoms with Crippen molar-refractivity contribution in [2.24, 2.45) is 11.8 Å². The van der Waals surface area contributed by atoms with Gasteiger partial charge in [0.25, 0.3) is 0 Å². The molecule has 0 aromatic carbocycles. The third-order valence-corrected chi connectivity index (χ3v) is 5.27. The number of unbranched alkanes of at least 4 members (excludes halogenated alkanes) is 6. The Labute approximate surface area is 117 Å². The van der Waals surface area contributed by atoms with Crippen LogP contribution in [0.3, 0.4) is 0 Å². The molecule has 0 N–H and O–H groups in total. The Kier molecular flexibility index (Phi) is 9.51. The second-order valence-corrected chi connectivity index (χ2v) is 6.52. The highest BCUT2D eigenvalue weighted by Gasteiger charge is 2.23. The Morgan fingerprint density at radius 2 is 1.53 bits per heavy atom. The Balaban J connectivity index is 1.96. The normalized spacial score (nSPS) is 18.7. The van der Waals surface area contributed by atoms with E-state index in [1.807, 2.05) is 0 Å². The highest BCUT2D eigenvalue weighted by molar-refractivity contribution is 9.09. The van der Waals surface area contributed by atoms with E-state index in [2.05, 4.69) is 22.9 Å². The summed E-state index contributed by atoms with van der Waals surface area (Å²) in [5.74, 6) is 2.03. The van der Waals surface area contributed by atoms with Crippen LogP contribution in [0.2, 0.25) is 0 Å². The second-order valence-electron chi connectivity index (χ2n) is 5.87. The van der Waals surface area contributed by atoms with Gasteiger partial charge in [-0.25, -0.2) is 0 Å². The van der Waals surface area contributed by atoms with Gasteiger partial charge in [-0.15, -0.1) is 0 Å². The molecule has 1 fully saturated rings. The molecule has 1 unspecified atom stereocenters. The number of hydrogen-bond acceptors (Lipinski definition) is 0. The van der Waals surface area contributed by atoms with Gasteiger partial charge < -0.3 is 0 Å². The summed E-state index contributed by atoms with van der Waals surface area (Å²) in [6, 6.07) is 0. The van der Waals surface area contributed by atoms with E-state index in [0.29, 0.717) is 0 Å². The first kappa shape index (κ1) is 15.5. The molecule has 1 aliphatic rings. The molecule has 1 saturated carbocycles. The lowest BCUT2D eigenvalue weighted by Gasteiger charge is -2.20. The number of rotatable bonds is 10. The van der Waals surface area contributed by atoms with Crippen LogP contribution in [-0.2, 0) is 0 Å². The molecule has 1 rings (SSSR count). The fourth-order valence-corrected chi connectivity index (χ4v) is 4.08. The number of halogens is 1. The zero-order chi connectivity index (χ0) is 12.3. The molecule has 0 aliphatic heterocycles. The predicted molar refractivity (Wildman–Crippen MR) is 81.9 cm³/mol. The smallest absolute Gasteiger partial charge is 0.00623 e. The van der Waals surface area contributed by atoms with Gasteiger partial charge in [-0.2, -0.15) is 0 Å². The fourth-order valence-electron chi connectivity index (χ4n) is 3.23. The standard InChI is InChI=1S/C16H31Br/c1-2-3-4-5-6-7-8-13-16(14-17)15-11-9-10-12-15/h15-16H,2-14H2,1H3. The van der Waals surface area contributed by atoms with E-state index in [1.165, 1.54) is 82.4 Å². The first-order chi connectivity index (χ1) is 8.38. The summed E-state index contributed by atoms with van der Waals surface area (Å²) in [5.41, 5.74) is 0. The van der Waals surface area contributed by atoms with Gasteiger partial charge in [0.15, 0.2) is 0 Å². The van der Waals surface area contributed by atoms with Gasteiger partial charge >= 0.3 is 0 Å². The highest BCUT2D eigenvalue weighted by atomic mass is 79.9. The van der Waals surface area contributed by atoms with Crippen molar-refractivity contribution in [1.29, 1.82) is 0 Å². The molecule has 0 nitrogen and oxygen atoms in total. The minimum Gasteiger partial charge on any atom is -0.0925 e. The Bertz CT molecular complexity index is 161. The molecular weight excluding hydrogens is 272 g/mol. The molecule has 1 heteroatoms. The number of alkyl halides is 1. The van der Waals surface area contributed by atoms with Gasteiger partial charge in [0, 0.05) is 5.33 Å². The van der Waals surface area contributed by atoms with Crippen LogP contribution < -0.4 is 0 Å². The fraction of sp³-hybridized carbons (Fsp3) is 1.00. The molecular formula is C16H31Br. The van der Waals surface area contributed by atoms with Crippen LogP contribution in [0.1, 0.15) is 84.0 Å². The molecule has 0 spiro atoms. The van der Waals surface area contributed by atoms with E-state index in [1.54, 1.807) is 0 Å². The van der Waals surface area contributed by atoms with Crippen molar-refractivity contribution in [1.82, 2.24) is 0 Å². The van der Waals surface area contributed by atoms with Crippen LogP contribution in [0.15, 0.2) is 0 Å². The molecule has 1 atom stereocenters. The Morgan fingerprint density at radius 3 is 2.12 bits per heavy atom. The minimum atomic E-state index is 0.980. The summed E-state index contributed by atoms with van der Waals surface area (Å²) in [7, 11) is 0. The third-order valence-electron chi connectivity index (χ3n) is 4.44. The van der Waals surface area contributed by atoms with Gasteiger partial charge in [-0.3, -0.25) is 0 Å². The van der Waals surface area contributed by atoms with Crippen LogP contribution in [-0.4, -0.2) is 5.33 Å². The van der Waals surface area contributed by atoms with E-state index in [-0.39, 0.29) is 0 Å². The van der Waals surface area contributed by atoms with Crippen molar-refractivity contribution in [2.75, 3.05) is 5.33 Å². The predicted octanol–water partition coefficient (Wildman–Crippen LogP) is 6.33. The van der Waals surface area contributed by atoms with Crippen LogP contribution in [0, 0.1) is 11.8 Å². The maximum absolute atomic E-state index is 3.73. The average Bonchev–Trinajstić information content (AvgIpc) is 2.86. The van der Waals surface area contributed by atoms with Gasteiger partial charge in [-0.1, -0.05) is 93.5 Å². The zero-order valence-corrected chi connectivity index (χ0v) is 13.3. The maximum atomic E-state index is 3.73. The maximum Gasteiger partial charge on any atom is 0.00623 e. The second kappa shape index (κ2) is 10.4. The van der Waals surface area contributed by atoms with Crippen molar-refractivity contribution in [3.8, 4) is 0 Å².